The largest absolute Gasteiger partial charge is 0.384 e. The number of para-hydroxylation sites is 1. The summed E-state index contributed by atoms with van der Waals surface area (Å²) in [4.78, 5) is 4.83. The van der Waals surface area contributed by atoms with Crippen molar-refractivity contribution in [1.82, 2.24) is 9.55 Å². The van der Waals surface area contributed by atoms with Crippen LogP contribution in [0.15, 0.2) is 65.6 Å². The zero-order valence-corrected chi connectivity index (χ0v) is 22.7. The van der Waals surface area contributed by atoms with E-state index >= 15 is 0 Å². The summed E-state index contributed by atoms with van der Waals surface area (Å²) >= 11 is 26.4. The van der Waals surface area contributed by atoms with Crippen LogP contribution < -0.4 is 0 Å². The van der Waals surface area contributed by atoms with Crippen LogP contribution in [0.3, 0.4) is 0 Å². The van der Waals surface area contributed by atoms with E-state index in [-0.39, 0.29) is 15.7 Å². The van der Waals surface area contributed by atoms with E-state index in [1.807, 2.05) is 0 Å². The number of rotatable bonds is 5. The van der Waals surface area contributed by atoms with Crippen LogP contribution in [0.5, 0.6) is 0 Å². The second-order valence-electron chi connectivity index (χ2n) is 8.53. The number of hydrogen-bond acceptors (Lipinski definition) is 4. The van der Waals surface area contributed by atoms with Crippen molar-refractivity contribution in [3.05, 3.63) is 86.6 Å². The molecule has 0 fully saturated rings. The van der Waals surface area contributed by atoms with Crippen LogP contribution in [-0.2, 0) is 15.4 Å². The number of imidazole rings is 1. The number of sulfone groups is 1. The Labute approximate surface area is 223 Å². The molecule has 0 saturated carbocycles. The van der Waals surface area contributed by atoms with Gasteiger partial charge in [-0.1, -0.05) is 70.7 Å². The number of hydrogen-bond donors (Lipinski definition) is 1. The lowest BCUT2D eigenvalue weighted by Gasteiger charge is -2.16. The lowest BCUT2D eigenvalue weighted by molar-refractivity contribution is 0.0744. The third-order valence-electron chi connectivity index (χ3n) is 5.37. The predicted molar refractivity (Wildman–Crippen MR) is 143 cm³/mol. The van der Waals surface area contributed by atoms with Crippen molar-refractivity contribution < 1.29 is 13.5 Å². The second kappa shape index (κ2) is 9.43. The smallest absolute Gasteiger partial charge is 0.175 e. The highest BCUT2D eigenvalue weighted by molar-refractivity contribution is 7.90. The molecule has 0 atom stereocenters. The molecule has 0 aliphatic heterocycles. The molecule has 0 aliphatic carbocycles. The fourth-order valence-electron chi connectivity index (χ4n) is 3.66. The van der Waals surface area contributed by atoms with E-state index in [1.165, 1.54) is 0 Å². The van der Waals surface area contributed by atoms with Gasteiger partial charge in [0.15, 0.2) is 9.84 Å². The van der Waals surface area contributed by atoms with Crippen LogP contribution in [-0.4, -0.2) is 29.3 Å². The highest BCUT2D eigenvalue weighted by Crippen LogP contribution is 2.41. The van der Waals surface area contributed by atoms with Crippen LogP contribution in [0.2, 0.25) is 20.2 Å². The molecule has 0 saturated heterocycles. The Hall–Kier alpha value is -2.06. The lowest BCUT2D eigenvalue weighted by atomic mass is 10.0. The van der Waals surface area contributed by atoms with Gasteiger partial charge in [0.1, 0.15) is 22.3 Å². The van der Waals surface area contributed by atoms with Crippen LogP contribution in [0.1, 0.15) is 19.5 Å². The van der Waals surface area contributed by atoms with Gasteiger partial charge in [-0.25, -0.2) is 13.4 Å². The Morgan fingerprint density at radius 2 is 1.46 bits per heavy atom. The summed E-state index contributed by atoms with van der Waals surface area (Å²) in [5.41, 5.74) is 1.19. The molecular weight excluding hydrogens is 550 g/mol. The van der Waals surface area contributed by atoms with Crippen LogP contribution in [0, 0.1) is 0 Å². The van der Waals surface area contributed by atoms with E-state index in [2.05, 4.69) is 4.98 Å². The van der Waals surface area contributed by atoms with Gasteiger partial charge >= 0.3 is 0 Å². The van der Waals surface area contributed by atoms with Gasteiger partial charge in [-0.3, -0.25) is 4.57 Å². The minimum atomic E-state index is -3.36. The fraction of sp³-hybridized carbons (Fsp3) is 0.160. The summed E-state index contributed by atoms with van der Waals surface area (Å²) in [6.45, 7) is 3.14. The summed E-state index contributed by atoms with van der Waals surface area (Å²) in [5, 5.41) is 11.8. The van der Waals surface area contributed by atoms with Gasteiger partial charge in [0.25, 0.3) is 0 Å². The molecule has 4 aromatic rings. The number of benzene rings is 3. The number of halogens is 4. The second-order valence-corrected chi connectivity index (χ2v) is 12.1. The van der Waals surface area contributed by atoms with E-state index in [1.54, 1.807) is 79.1 Å². The van der Waals surface area contributed by atoms with Gasteiger partial charge in [-0.2, -0.15) is 0 Å². The van der Waals surface area contributed by atoms with Crippen molar-refractivity contribution in [2.24, 2.45) is 0 Å². The first kappa shape index (κ1) is 26.0. The summed E-state index contributed by atoms with van der Waals surface area (Å²) in [7, 11) is -3.36. The van der Waals surface area contributed by atoms with Gasteiger partial charge < -0.3 is 5.11 Å². The Kier molecular flexibility index (Phi) is 7.01. The van der Waals surface area contributed by atoms with E-state index in [0.29, 0.717) is 43.3 Å². The molecular formula is C25H20Cl4N2O3S. The zero-order chi connectivity index (χ0) is 25.7. The van der Waals surface area contributed by atoms with Crippen molar-refractivity contribution in [1.29, 1.82) is 0 Å². The number of aromatic nitrogens is 2. The quantitative estimate of drug-likeness (QED) is 0.271. The Morgan fingerprint density at radius 1 is 0.857 bits per heavy atom. The fourth-order valence-corrected chi connectivity index (χ4v) is 5.60. The molecule has 1 N–H and O–H groups in total. The molecule has 1 heterocycles. The summed E-state index contributed by atoms with van der Waals surface area (Å²) in [6, 6.07) is 16.9. The minimum absolute atomic E-state index is 0.142. The topological polar surface area (TPSA) is 72.2 Å². The predicted octanol–water partition coefficient (Wildman–Crippen LogP) is 7.45. The van der Waals surface area contributed by atoms with Crippen molar-refractivity contribution in [3.63, 3.8) is 0 Å². The summed E-state index contributed by atoms with van der Waals surface area (Å²) in [6.07, 6.45) is 1.16. The van der Waals surface area contributed by atoms with E-state index < -0.39 is 15.4 Å². The molecule has 0 bridgehead atoms. The van der Waals surface area contributed by atoms with Crippen molar-refractivity contribution >= 4 is 56.2 Å². The van der Waals surface area contributed by atoms with Crippen LogP contribution >= 0.6 is 46.4 Å². The molecule has 0 spiro atoms. The monoisotopic (exact) mass is 568 g/mol. The molecule has 0 aliphatic rings. The highest BCUT2D eigenvalue weighted by atomic mass is 35.5. The molecule has 35 heavy (non-hydrogen) atoms. The maximum Gasteiger partial charge on any atom is 0.175 e. The summed E-state index contributed by atoms with van der Waals surface area (Å²) < 4.78 is 25.5. The average molecular weight is 570 g/mol. The number of nitrogens with zero attached hydrogens (tertiary/aromatic N) is 2. The molecule has 10 heteroatoms. The third-order valence-corrected chi connectivity index (χ3v) is 7.75. The van der Waals surface area contributed by atoms with Crippen molar-refractivity contribution in [2.75, 3.05) is 6.26 Å². The minimum Gasteiger partial charge on any atom is -0.384 e. The van der Waals surface area contributed by atoms with Crippen molar-refractivity contribution in [3.8, 4) is 28.2 Å². The van der Waals surface area contributed by atoms with Crippen LogP contribution in [0.25, 0.3) is 28.2 Å². The first-order valence-corrected chi connectivity index (χ1v) is 13.7. The van der Waals surface area contributed by atoms with E-state index in [9.17, 15) is 13.5 Å². The Morgan fingerprint density at radius 3 is 2.03 bits per heavy atom. The van der Waals surface area contributed by atoms with Gasteiger partial charge in [0.05, 0.1) is 25.7 Å². The van der Waals surface area contributed by atoms with Gasteiger partial charge in [-0.05, 0) is 61.4 Å². The Balaban J connectivity index is 1.93. The molecule has 182 valence electrons. The molecule has 0 amide bonds. The first-order valence-electron chi connectivity index (χ1n) is 10.3. The van der Waals surface area contributed by atoms with Crippen LogP contribution in [0.4, 0.5) is 0 Å². The normalized spacial score (nSPS) is 12.2. The van der Waals surface area contributed by atoms with Crippen molar-refractivity contribution in [2.45, 2.75) is 24.3 Å². The standard InChI is InChI=1S/C25H20Cl4N2O3S/c1-25(2,32)22-23(29)31(21-18(26)8-5-9-19(21)27)24(30-22)17-11-10-15(13-20(17)28)14-6-4-7-16(12-14)35(3,33)34/h4-13,32H,1-3H3. The molecule has 0 radical (unpaired) electrons. The third kappa shape index (κ3) is 5.10. The highest BCUT2D eigenvalue weighted by Gasteiger charge is 2.30. The average Bonchev–Trinajstić information content (AvgIpc) is 3.10. The molecule has 0 unspecified atom stereocenters. The first-order chi connectivity index (χ1) is 16.3. The Bertz CT molecular complexity index is 1540. The van der Waals surface area contributed by atoms with Gasteiger partial charge in [-0.15, -0.1) is 0 Å². The van der Waals surface area contributed by atoms with Gasteiger partial charge in [0.2, 0.25) is 0 Å². The van der Waals surface area contributed by atoms with E-state index in [0.717, 1.165) is 6.26 Å². The van der Waals surface area contributed by atoms with E-state index in [4.69, 9.17) is 46.4 Å². The lowest BCUT2D eigenvalue weighted by Crippen LogP contribution is -2.16. The molecule has 5 nitrogen and oxygen atoms in total. The summed E-state index contributed by atoms with van der Waals surface area (Å²) in [5.74, 6) is 0.337. The number of aliphatic hydroxyl groups is 1. The maximum atomic E-state index is 12.0. The zero-order valence-electron chi connectivity index (χ0n) is 18.9. The molecule has 4 rings (SSSR count). The maximum absolute atomic E-state index is 12.0. The molecule has 1 aromatic heterocycles. The molecule has 3 aromatic carbocycles. The van der Waals surface area contributed by atoms with Gasteiger partial charge in [0, 0.05) is 11.8 Å². The SMILES string of the molecule is CC(C)(O)c1nc(-c2ccc(-c3cccc(S(C)(=O)=O)c3)cc2Cl)n(-c2c(Cl)cccc2Cl)c1Cl.